The lowest BCUT2D eigenvalue weighted by molar-refractivity contribution is -0.130. The first-order chi connectivity index (χ1) is 10.6. The maximum absolute atomic E-state index is 11.8. The third-order valence-corrected chi connectivity index (χ3v) is 5.29. The minimum Gasteiger partial charge on any atom is -0.348 e. The van der Waals surface area contributed by atoms with Gasteiger partial charge >= 0.3 is 0 Å². The Bertz CT molecular complexity index is 644. The Morgan fingerprint density at radius 1 is 1.14 bits per heavy atom. The Labute approximate surface area is 135 Å². The van der Waals surface area contributed by atoms with Crippen LogP contribution in [0.5, 0.6) is 0 Å². The molecular weight excluding hydrogens is 294 g/mol. The number of rotatable bonds is 4. The Kier molecular flexibility index (Phi) is 4.76. The monoisotopic (exact) mass is 317 g/mol. The van der Waals surface area contributed by atoms with Crippen molar-refractivity contribution < 1.29 is 4.79 Å². The van der Waals surface area contributed by atoms with Gasteiger partial charge in [-0.1, -0.05) is 18.2 Å². The lowest BCUT2D eigenvalue weighted by atomic mass is 10.1. The second-order valence-corrected chi connectivity index (χ2v) is 7.01. The van der Waals surface area contributed by atoms with Crippen molar-refractivity contribution in [2.24, 2.45) is 0 Å². The molecule has 0 radical (unpaired) electrons. The van der Waals surface area contributed by atoms with Crippen LogP contribution in [0.15, 0.2) is 29.6 Å². The van der Waals surface area contributed by atoms with E-state index in [0.717, 1.165) is 32.7 Å². The van der Waals surface area contributed by atoms with Crippen LogP contribution in [0.1, 0.15) is 5.56 Å². The second kappa shape index (κ2) is 6.77. The quantitative estimate of drug-likeness (QED) is 0.864. The standard InChI is InChI=1S/C17H23N3OS/c1-18(2)17(21)12-20-9-7-19(8-10-20)11-14-13-22-16-6-4-3-5-15(14)16/h3-6,13H,7-12H2,1-2H3. The highest BCUT2D eigenvalue weighted by Gasteiger charge is 2.20. The van der Waals surface area contributed by atoms with Gasteiger partial charge in [-0.3, -0.25) is 14.6 Å². The summed E-state index contributed by atoms with van der Waals surface area (Å²) in [5, 5.41) is 3.67. The van der Waals surface area contributed by atoms with E-state index >= 15 is 0 Å². The maximum atomic E-state index is 11.8. The molecule has 118 valence electrons. The van der Waals surface area contributed by atoms with Gasteiger partial charge in [0.1, 0.15) is 0 Å². The van der Waals surface area contributed by atoms with Crippen molar-refractivity contribution in [2.45, 2.75) is 6.54 Å². The van der Waals surface area contributed by atoms with Gasteiger partial charge in [0, 0.05) is 51.5 Å². The molecule has 1 saturated heterocycles. The van der Waals surface area contributed by atoms with E-state index in [-0.39, 0.29) is 5.91 Å². The number of amides is 1. The number of likely N-dealkylation sites (N-methyl/N-ethyl adjacent to an activating group) is 1. The van der Waals surface area contributed by atoms with Crippen molar-refractivity contribution in [1.82, 2.24) is 14.7 Å². The van der Waals surface area contributed by atoms with Crippen LogP contribution >= 0.6 is 11.3 Å². The van der Waals surface area contributed by atoms with Crippen molar-refractivity contribution in [3.8, 4) is 0 Å². The Hall–Kier alpha value is -1.43. The predicted molar refractivity (Wildman–Crippen MR) is 92.2 cm³/mol. The molecule has 1 amide bonds. The molecule has 0 atom stereocenters. The molecule has 22 heavy (non-hydrogen) atoms. The highest BCUT2D eigenvalue weighted by Crippen LogP contribution is 2.26. The summed E-state index contributed by atoms with van der Waals surface area (Å²) < 4.78 is 1.37. The van der Waals surface area contributed by atoms with E-state index in [1.807, 2.05) is 25.4 Å². The first-order valence-electron chi connectivity index (χ1n) is 7.73. The fourth-order valence-electron chi connectivity index (χ4n) is 2.83. The number of fused-ring (bicyclic) bond motifs is 1. The Morgan fingerprint density at radius 2 is 1.82 bits per heavy atom. The van der Waals surface area contributed by atoms with E-state index in [1.165, 1.54) is 15.6 Å². The Balaban J connectivity index is 1.55. The van der Waals surface area contributed by atoms with Gasteiger partial charge in [0.25, 0.3) is 0 Å². The lowest BCUT2D eigenvalue weighted by Gasteiger charge is -2.34. The SMILES string of the molecule is CN(C)C(=O)CN1CCN(Cc2csc3ccccc23)CC1. The van der Waals surface area contributed by atoms with Gasteiger partial charge in [-0.15, -0.1) is 11.3 Å². The summed E-state index contributed by atoms with van der Waals surface area (Å²) in [5.41, 5.74) is 1.43. The third kappa shape index (κ3) is 3.48. The van der Waals surface area contributed by atoms with Crippen molar-refractivity contribution in [3.05, 3.63) is 35.2 Å². The van der Waals surface area contributed by atoms with Gasteiger partial charge in [0.2, 0.25) is 5.91 Å². The van der Waals surface area contributed by atoms with E-state index in [9.17, 15) is 4.79 Å². The number of piperazine rings is 1. The van der Waals surface area contributed by atoms with Gasteiger partial charge in [-0.25, -0.2) is 0 Å². The molecule has 0 N–H and O–H groups in total. The molecule has 1 fully saturated rings. The molecule has 1 aromatic heterocycles. The zero-order chi connectivity index (χ0) is 15.5. The number of carbonyl (C=O) groups is 1. The van der Waals surface area contributed by atoms with Crippen LogP contribution < -0.4 is 0 Å². The molecule has 4 nitrogen and oxygen atoms in total. The summed E-state index contributed by atoms with van der Waals surface area (Å²) >= 11 is 1.83. The van der Waals surface area contributed by atoms with Crippen molar-refractivity contribution in [2.75, 3.05) is 46.8 Å². The van der Waals surface area contributed by atoms with E-state index in [1.54, 1.807) is 4.90 Å². The molecule has 2 heterocycles. The average molecular weight is 317 g/mol. The highest BCUT2D eigenvalue weighted by molar-refractivity contribution is 7.17. The average Bonchev–Trinajstić information content (AvgIpc) is 2.92. The van der Waals surface area contributed by atoms with E-state index < -0.39 is 0 Å². The Morgan fingerprint density at radius 3 is 2.55 bits per heavy atom. The summed E-state index contributed by atoms with van der Waals surface area (Å²) in [7, 11) is 3.64. The largest absolute Gasteiger partial charge is 0.348 e. The van der Waals surface area contributed by atoms with Crippen LogP contribution in [0.4, 0.5) is 0 Å². The molecule has 0 unspecified atom stereocenters. The van der Waals surface area contributed by atoms with E-state index in [2.05, 4.69) is 39.4 Å². The third-order valence-electron chi connectivity index (χ3n) is 4.28. The number of thiophene rings is 1. The van der Waals surface area contributed by atoms with Gasteiger partial charge < -0.3 is 4.90 Å². The molecule has 1 aliphatic heterocycles. The minimum atomic E-state index is 0.192. The second-order valence-electron chi connectivity index (χ2n) is 6.10. The summed E-state index contributed by atoms with van der Waals surface area (Å²) in [4.78, 5) is 18.2. The summed E-state index contributed by atoms with van der Waals surface area (Å²) in [6.45, 7) is 5.57. The predicted octanol–water partition coefficient (Wildman–Crippen LogP) is 2.11. The maximum Gasteiger partial charge on any atom is 0.236 e. The number of nitrogens with zero attached hydrogens (tertiary/aromatic N) is 3. The lowest BCUT2D eigenvalue weighted by Crippen LogP contribution is -2.48. The molecule has 1 aliphatic rings. The topological polar surface area (TPSA) is 26.8 Å². The normalized spacial score (nSPS) is 17.0. The van der Waals surface area contributed by atoms with Gasteiger partial charge in [0.15, 0.2) is 0 Å². The molecule has 0 bridgehead atoms. The van der Waals surface area contributed by atoms with Gasteiger partial charge in [0.05, 0.1) is 6.54 Å². The van der Waals surface area contributed by atoms with E-state index in [4.69, 9.17) is 0 Å². The zero-order valence-corrected chi connectivity index (χ0v) is 14.1. The summed E-state index contributed by atoms with van der Waals surface area (Å²) in [5.74, 6) is 0.192. The zero-order valence-electron chi connectivity index (χ0n) is 13.3. The van der Waals surface area contributed by atoms with Crippen molar-refractivity contribution in [1.29, 1.82) is 0 Å². The first kappa shape index (κ1) is 15.5. The number of benzene rings is 1. The molecular formula is C17H23N3OS. The van der Waals surface area contributed by atoms with Crippen LogP contribution in [-0.4, -0.2) is 67.4 Å². The summed E-state index contributed by atoms with van der Waals surface area (Å²) in [6, 6.07) is 8.62. The van der Waals surface area contributed by atoms with Crippen LogP contribution in [0, 0.1) is 0 Å². The van der Waals surface area contributed by atoms with Crippen LogP contribution in [0.3, 0.4) is 0 Å². The summed E-state index contributed by atoms with van der Waals surface area (Å²) in [6.07, 6.45) is 0. The fourth-order valence-corrected chi connectivity index (χ4v) is 3.79. The van der Waals surface area contributed by atoms with Crippen LogP contribution in [-0.2, 0) is 11.3 Å². The van der Waals surface area contributed by atoms with Crippen LogP contribution in [0.25, 0.3) is 10.1 Å². The van der Waals surface area contributed by atoms with Gasteiger partial charge in [-0.2, -0.15) is 0 Å². The molecule has 2 aromatic rings. The molecule has 5 heteroatoms. The molecule has 3 rings (SSSR count). The van der Waals surface area contributed by atoms with Gasteiger partial charge in [-0.05, 0) is 22.4 Å². The number of hydrogen-bond acceptors (Lipinski definition) is 4. The first-order valence-corrected chi connectivity index (χ1v) is 8.61. The number of carbonyl (C=O) groups excluding carboxylic acids is 1. The molecule has 0 spiro atoms. The van der Waals surface area contributed by atoms with E-state index in [0.29, 0.717) is 6.54 Å². The van der Waals surface area contributed by atoms with Crippen molar-refractivity contribution >= 4 is 27.3 Å². The molecule has 0 aliphatic carbocycles. The van der Waals surface area contributed by atoms with Crippen molar-refractivity contribution in [3.63, 3.8) is 0 Å². The molecule has 1 aromatic carbocycles. The van der Waals surface area contributed by atoms with Crippen LogP contribution in [0.2, 0.25) is 0 Å². The molecule has 0 saturated carbocycles. The smallest absolute Gasteiger partial charge is 0.236 e. The minimum absolute atomic E-state index is 0.192. The number of hydrogen-bond donors (Lipinski definition) is 0. The highest BCUT2D eigenvalue weighted by atomic mass is 32.1. The fraction of sp³-hybridized carbons (Fsp3) is 0.471.